The smallest absolute Gasteiger partial charge is 0.121 e. The third-order valence-corrected chi connectivity index (χ3v) is 4.97. The normalized spacial score (nSPS) is 17.3. The maximum absolute atomic E-state index is 4.53. The van der Waals surface area contributed by atoms with Crippen molar-refractivity contribution in [1.82, 2.24) is 5.43 Å². The van der Waals surface area contributed by atoms with E-state index in [1.807, 2.05) is 17.8 Å². The van der Waals surface area contributed by atoms with Crippen molar-refractivity contribution in [3.05, 3.63) is 83.9 Å². The van der Waals surface area contributed by atoms with E-state index in [-0.39, 0.29) is 5.37 Å². The number of hydrogen-bond acceptors (Lipinski definition) is 3. The Balaban J connectivity index is 1.56. The third kappa shape index (κ3) is 2.60. The van der Waals surface area contributed by atoms with Gasteiger partial charge in [0.05, 0.1) is 5.04 Å². The first kappa shape index (κ1) is 13.4. The highest BCUT2D eigenvalue weighted by Crippen LogP contribution is 2.36. The molecule has 0 saturated carbocycles. The van der Waals surface area contributed by atoms with E-state index in [1.54, 1.807) is 0 Å². The van der Waals surface area contributed by atoms with Crippen LogP contribution in [-0.2, 0) is 6.42 Å². The van der Waals surface area contributed by atoms with Crippen LogP contribution >= 0.6 is 11.8 Å². The second-order valence-corrected chi connectivity index (χ2v) is 6.54. The number of thioether (sulfide) groups is 1. The topological polar surface area (TPSA) is 24.4 Å². The van der Waals surface area contributed by atoms with Crippen LogP contribution in [0.25, 0.3) is 10.8 Å². The number of nitrogens with one attached hydrogen (secondary N) is 1. The zero-order chi connectivity index (χ0) is 14.8. The maximum Gasteiger partial charge on any atom is 0.121 e. The van der Waals surface area contributed by atoms with Crippen LogP contribution in [0, 0.1) is 0 Å². The molecule has 4 rings (SSSR count). The molecule has 0 amide bonds. The van der Waals surface area contributed by atoms with Gasteiger partial charge in [-0.3, -0.25) is 5.43 Å². The summed E-state index contributed by atoms with van der Waals surface area (Å²) in [6.45, 7) is 0. The summed E-state index contributed by atoms with van der Waals surface area (Å²) in [5, 5.41) is 8.44. The summed E-state index contributed by atoms with van der Waals surface area (Å²) in [6.07, 6.45) is 0.889. The molecule has 0 bridgehead atoms. The highest BCUT2D eigenvalue weighted by atomic mass is 32.2. The van der Waals surface area contributed by atoms with Gasteiger partial charge in [-0.05, 0) is 21.9 Å². The van der Waals surface area contributed by atoms with Crippen molar-refractivity contribution in [2.24, 2.45) is 5.10 Å². The van der Waals surface area contributed by atoms with Crippen LogP contribution in [0.1, 0.15) is 16.5 Å². The Kier molecular flexibility index (Phi) is 3.57. The molecule has 3 aromatic rings. The Morgan fingerprint density at radius 3 is 2.55 bits per heavy atom. The van der Waals surface area contributed by atoms with Gasteiger partial charge in [0.1, 0.15) is 5.37 Å². The second-order valence-electron chi connectivity index (χ2n) is 5.36. The van der Waals surface area contributed by atoms with Gasteiger partial charge in [-0.1, -0.05) is 84.6 Å². The number of nitrogens with zero attached hydrogens (tertiary/aromatic N) is 1. The molecule has 1 N–H and O–H groups in total. The summed E-state index contributed by atoms with van der Waals surface area (Å²) in [5.41, 5.74) is 5.89. The minimum atomic E-state index is 0.199. The minimum Gasteiger partial charge on any atom is -0.291 e. The predicted molar refractivity (Wildman–Crippen MR) is 95.0 cm³/mol. The van der Waals surface area contributed by atoms with Gasteiger partial charge >= 0.3 is 0 Å². The first-order chi connectivity index (χ1) is 10.9. The molecule has 2 nitrogen and oxygen atoms in total. The van der Waals surface area contributed by atoms with Crippen LogP contribution in [0.5, 0.6) is 0 Å². The van der Waals surface area contributed by atoms with Gasteiger partial charge in [0.15, 0.2) is 0 Å². The Labute approximate surface area is 134 Å². The average molecular weight is 304 g/mol. The molecule has 3 aromatic carbocycles. The molecule has 0 unspecified atom stereocenters. The molecular formula is C19H16N2S. The Morgan fingerprint density at radius 1 is 0.864 bits per heavy atom. The molecule has 22 heavy (non-hydrogen) atoms. The van der Waals surface area contributed by atoms with E-state index in [9.17, 15) is 0 Å². The molecule has 1 heterocycles. The fourth-order valence-electron chi connectivity index (χ4n) is 2.78. The fourth-order valence-corrected chi connectivity index (χ4v) is 3.85. The van der Waals surface area contributed by atoms with Crippen molar-refractivity contribution >= 4 is 27.6 Å². The molecule has 0 aromatic heterocycles. The zero-order valence-electron chi connectivity index (χ0n) is 12.1. The molecule has 1 aliphatic heterocycles. The summed E-state index contributed by atoms with van der Waals surface area (Å²) < 4.78 is 0. The van der Waals surface area contributed by atoms with Crippen molar-refractivity contribution in [1.29, 1.82) is 0 Å². The molecule has 0 spiro atoms. The van der Waals surface area contributed by atoms with Crippen molar-refractivity contribution in [3.63, 3.8) is 0 Å². The Hall–Kier alpha value is -2.26. The van der Waals surface area contributed by atoms with Gasteiger partial charge in [0, 0.05) is 6.42 Å². The predicted octanol–water partition coefficient (Wildman–Crippen LogP) is 4.73. The molecule has 0 radical (unpaired) electrons. The molecule has 108 valence electrons. The van der Waals surface area contributed by atoms with Gasteiger partial charge in [-0.25, -0.2) is 0 Å². The molecule has 0 saturated heterocycles. The molecule has 3 heteroatoms. The largest absolute Gasteiger partial charge is 0.291 e. The van der Waals surface area contributed by atoms with Crippen LogP contribution in [0.15, 0.2) is 77.9 Å². The summed E-state index contributed by atoms with van der Waals surface area (Å²) in [4.78, 5) is 0. The second kappa shape index (κ2) is 5.85. The van der Waals surface area contributed by atoms with Crippen molar-refractivity contribution in [3.8, 4) is 0 Å². The summed E-state index contributed by atoms with van der Waals surface area (Å²) in [7, 11) is 0. The third-order valence-electron chi connectivity index (χ3n) is 3.86. The average Bonchev–Trinajstić information content (AvgIpc) is 3.03. The lowest BCUT2D eigenvalue weighted by atomic mass is 10.0. The Bertz CT molecular complexity index is 822. The number of hydrazone groups is 1. The van der Waals surface area contributed by atoms with E-state index in [1.165, 1.54) is 21.9 Å². The van der Waals surface area contributed by atoms with Gasteiger partial charge in [0.2, 0.25) is 0 Å². The van der Waals surface area contributed by atoms with Crippen molar-refractivity contribution < 1.29 is 0 Å². The maximum atomic E-state index is 4.53. The SMILES string of the molecule is c1ccc(CC2=NN[C@@H](c3cccc4ccccc34)S2)cc1. The molecule has 1 aliphatic rings. The van der Waals surface area contributed by atoms with Crippen molar-refractivity contribution in [2.75, 3.05) is 0 Å². The van der Waals surface area contributed by atoms with E-state index in [0.29, 0.717) is 0 Å². The van der Waals surface area contributed by atoms with Gasteiger partial charge < -0.3 is 0 Å². The summed E-state index contributed by atoms with van der Waals surface area (Å²) in [5.74, 6) is 0. The lowest BCUT2D eigenvalue weighted by Crippen LogP contribution is -2.06. The summed E-state index contributed by atoms with van der Waals surface area (Å²) >= 11 is 1.81. The number of hydrogen-bond donors (Lipinski definition) is 1. The first-order valence-corrected chi connectivity index (χ1v) is 8.28. The molecule has 0 fully saturated rings. The summed E-state index contributed by atoms with van der Waals surface area (Å²) in [6, 6.07) is 25.5. The van der Waals surface area contributed by atoms with Crippen LogP contribution in [-0.4, -0.2) is 5.04 Å². The lowest BCUT2D eigenvalue weighted by Gasteiger charge is -2.12. The van der Waals surface area contributed by atoms with Gasteiger partial charge in [-0.15, -0.1) is 0 Å². The number of fused-ring (bicyclic) bond motifs is 1. The lowest BCUT2D eigenvalue weighted by molar-refractivity contribution is 0.747. The van der Waals surface area contributed by atoms with Crippen molar-refractivity contribution in [2.45, 2.75) is 11.8 Å². The number of rotatable bonds is 3. The Morgan fingerprint density at radius 2 is 1.64 bits per heavy atom. The monoisotopic (exact) mass is 304 g/mol. The van der Waals surface area contributed by atoms with E-state index in [2.05, 4.69) is 77.3 Å². The van der Waals surface area contributed by atoms with Crippen LogP contribution in [0.3, 0.4) is 0 Å². The molecular weight excluding hydrogens is 288 g/mol. The fraction of sp³-hybridized carbons (Fsp3) is 0.105. The molecule has 0 aliphatic carbocycles. The first-order valence-electron chi connectivity index (χ1n) is 7.40. The number of benzene rings is 3. The zero-order valence-corrected chi connectivity index (χ0v) is 12.9. The molecule has 1 atom stereocenters. The van der Waals surface area contributed by atoms with Crippen LogP contribution < -0.4 is 5.43 Å². The van der Waals surface area contributed by atoms with E-state index < -0.39 is 0 Å². The highest BCUT2D eigenvalue weighted by Gasteiger charge is 2.22. The standard InChI is InChI=1S/C19H16N2S/c1-2-7-14(8-3-1)13-18-20-21-19(22-18)17-12-6-10-15-9-4-5-11-16(15)17/h1-12,19,21H,13H2/t19-/m1/s1. The van der Waals surface area contributed by atoms with E-state index >= 15 is 0 Å². The van der Waals surface area contributed by atoms with Gasteiger partial charge in [-0.2, -0.15) is 5.10 Å². The van der Waals surface area contributed by atoms with Crippen LogP contribution in [0.2, 0.25) is 0 Å². The van der Waals surface area contributed by atoms with Crippen LogP contribution in [0.4, 0.5) is 0 Å². The van der Waals surface area contributed by atoms with E-state index in [4.69, 9.17) is 0 Å². The quantitative estimate of drug-likeness (QED) is 0.756. The minimum absolute atomic E-state index is 0.199. The highest BCUT2D eigenvalue weighted by molar-refractivity contribution is 8.14. The van der Waals surface area contributed by atoms with Gasteiger partial charge in [0.25, 0.3) is 0 Å². The van der Waals surface area contributed by atoms with E-state index in [0.717, 1.165) is 11.5 Å².